The number of nitrogens with zero attached hydrogens (tertiary/aromatic N) is 1. The molecule has 0 spiro atoms. The van der Waals surface area contributed by atoms with Crippen molar-refractivity contribution in [3.63, 3.8) is 0 Å². The van der Waals surface area contributed by atoms with Crippen LogP contribution in [0, 0.1) is 0 Å². The number of benzene rings is 1. The number of imidazole rings is 1. The topological polar surface area (TPSA) is 37.8 Å². The molecule has 2 rings (SSSR count). The molecular formula is C11H14N2O. The molecule has 0 saturated carbocycles. The normalized spacial score (nSPS) is 11.0. The first kappa shape index (κ1) is 9.06. The van der Waals surface area contributed by atoms with Crippen LogP contribution >= 0.6 is 0 Å². The van der Waals surface area contributed by atoms with Crippen molar-refractivity contribution < 1.29 is 0 Å². The number of nitrogens with one attached hydrogen (secondary N) is 1. The van der Waals surface area contributed by atoms with Crippen LogP contribution in [0.4, 0.5) is 0 Å². The highest BCUT2D eigenvalue weighted by atomic mass is 16.1. The van der Waals surface area contributed by atoms with E-state index in [0.717, 1.165) is 17.5 Å². The van der Waals surface area contributed by atoms with E-state index in [1.54, 1.807) is 4.57 Å². The highest BCUT2D eigenvalue weighted by molar-refractivity contribution is 5.76. The summed E-state index contributed by atoms with van der Waals surface area (Å²) in [7, 11) is 0. The van der Waals surface area contributed by atoms with Crippen LogP contribution in [-0.2, 0) is 13.0 Å². The van der Waals surface area contributed by atoms with Gasteiger partial charge in [-0.15, -0.1) is 0 Å². The van der Waals surface area contributed by atoms with E-state index < -0.39 is 0 Å². The van der Waals surface area contributed by atoms with E-state index in [1.807, 2.05) is 19.1 Å². The second kappa shape index (κ2) is 3.33. The molecule has 0 radical (unpaired) electrons. The SMILES string of the molecule is CCc1ccc2c(c1)[nH]c(=O)n2CC. The summed E-state index contributed by atoms with van der Waals surface area (Å²) in [5, 5.41) is 0. The third-order valence-electron chi connectivity index (χ3n) is 2.56. The lowest BCUT2D eigenvalue weighted by Gasteiger charge is -1.99. The third kappa shape index (κ3) is 1.25. The van der Waals surface area contributed by atoms with Crippen molar-refractivity contribution in [2.45, 2.75) is 26.8 Å². The lowest BCUT2D eigenvalue weighted by Crippen LogP contribution is -2.14. The second-order valence-electron chi connectivity index (χ2n) is 3.38. The van der Waals surface area contributed by atoms with Gasteiger partial charge in [-0.05, 0) is 31.0 Å². The predicted molar refractivity (Wildman–Crippen MR) is 57.6 cm³/mol. The molecule has 0 atom stereocenters. The molecule has 0 aliphatic heterocycles. The molecule has 1 N–H and O–H groups in total. The molecular weight excluding hydrogens is 176 g/mol. The van der Waals surface area contributed by atoms with Gasteiger partial charge >= 0.3 is 5.69 Å². The lowest BCUT2D eigenvalue weighted by atomic mass is 10.1. The van der Waals surface area contributed by atoms with Crippen molar-refractivity contribution >= 4 is 11.0 Å². The molecule has 0 fully saturated rings. The largest absolute Gasteiger partial charge is 0.326 e. The monoisotopic (exact) mass is 190 g/mol. The Bertz CT molecular complexity index is 507. The molecule has 0 unspecified atom stereocenters. The highest BCUT2D eigenvalue weighted by Gasteiger charge is 2.04. The number of hydrogen-bond donors (Lipinski definition) is 1. The Morgan fingerprint density at radius 2 is 2.14 bits per heavy atom. The van der Waals surface area contributed by atoms with Gasteiger partial charge in [0.05, 0.1) is 11.0 Å². The molecule has 0 saturated heterocycles. The van der Waals surface area contributed by atoms with Crippen LogP contribution in [0.25, 0.3) is 11.0 Å². The van der Waals surface area contributed by atoms with Crippen LogP contribution in [0.5, 0.6) is 0 Å². The number of aryl methyl sites for hydroxylation is 2. The van der Waals surface area contributed by atoms with Gasteiger partial charge in [0, 0.05) is 6.54 Å². The van der Waals surface area contributed by atoms with Crippen LogP contribution in [0.3, 0.4) is 0 Å². The Labute approximate surface area is 82.4 Å². The van der Waals surface area contributed by atoms with Crippen LogP contribution in [-0.4, -0.2) is 9.55 Å². The number of fused-ring (bicyclic) bond motifs is 1. The van der Waals surface area contributed by atoms with E-state index >= 15 is 0 Å². The molecule has 0 aliphatic carbocycles. The zero-order valence-electron chi connectivity index (χ0n) is 8.50. The fraction of sp³-hybridized carbons (Fsp3) is 0.364. The Morgan fingerprint density at radius 1 is 1.36 bits per heavy atom. The molecule has 1 aromatic carbocycles. The van der Waals surface area contributed by atoms with E-state index in [0.29, 0.717) is 6.54 Å². The quantitative estimate of drug-likeness (QED) is 0.771. The maximum Gasteiger partial charge on any atom is 0.326 e. The van der Waals surface area contributed by atoms with Gasteiger partial charge in [-0.2, -0.15) is 0 Å². The van der Waals surface area contributed by atoms with Gasteiger partial charge in [0.1, 0.15) is 0 Å². The molecule has 14 heavy (non-hydrogen) atoms. The first-order valence-electron chi connectivity index (χ1n) is 4.97. The minimum Gasteiger partial charge on any atom is -0.306 e. The third-order valence-corrected chi connectivity index (χ3v) is 2.56. The summed E-state index contributed by atoms with van der Waals surface area (Å²) < 4.78 is 1.74. The van der Waals surface area contributed by atoms with Crippen molar-refractivity contribution in [3.05, 3.63) is 34.2 Å². The molecule has 3 heteroatoms. The maximum absolute atomic E-state index is 11.5. The second-order valence-corrected chi connectivity index (χ2v) is 3.38. The van der Waals surface area contributed by atoms with Gasteiger partial charge in [-0.3, -0.25) is 4.57 Å². The van der Waals surface area contributed by atoms with Crippen molar-refractivity contribution in [3.8, 4) is 0 Å². The minimum atomic E-state index is -0.0178. The van der Waals surface area contributed by atoms with Crippen LogP contribution in [0.1, 0.15) is 19.4 Å². The summed E-state index contributed by atoms with van der Waals surface area (Å²) in [6.45, 7) is 4.79. The van der Waals surface area contributed by atoms with E-state index in [9.17, 15) is 4.79 Å². The van der Waals surface area contributed by atoms with Gasteiger partial charge in [0.2, 0.25) is 0 Å². The van der Waals surface area contributed by atoms with Crippen molar-refractivity contribution in [1.29, 1.82) is 0 Å². The average molecular weight is 190 g/mol. The average Bonchev–Trinajstić information content (AvgIpc) is 2.51. The zero-order chi connectivity index (χ0) is 10.1. The number of H-pyrrole nitrogens is 1. The van der Waals surface area contributed by atoms with Crippen LogP contribution in [0.2, 0.25) is 0 Å². The zero-order valence-corrected chi connectivity index (χ0v) is 8.50. The first-order valence-corrected chi connectivity index (χ1v) is 4.97. The van der Waals surface area contributed by atoms with Crippen molar-refractivity contribution in [2.24, 2.45) is 0 Å². The molecule has 74 valence electrons. The van der Waals surface area contributed by atoms with Crippen molar-refractivity contribution in [2.75, 3.05) is 0 Å². The minimum absolute atomic E-state index is 0.0178. The van der Waals surface area contributed by atoms with E-state index in [2.05, 4.69) is 18.0 Å². The molecule has 0 bridgehead atoms. The molecule has 2 aromatic rings. The number of hydrogen-bond acceptors (Lipinski definition) is 1. The summed E-state index contributed by atoms with van der Waals surface area (Å²) in [6.07, 6.45) is 0.995. The number of aromatic amines is 1. The highest BCUT2D eigenvalue weighted by Crippen LogP contribution is 2.12. The summed E-state index contributed by atoms with van der Waals surface area (Å²) in [6, 6.07) is 6.13. The van der Waals surface area contributed by atoms with Crippen molar-refractivity contribution in [1.82, 2.24) is 9.55 Å². The smallest absolute Gasteiger partial charge is 0.306 e. The van der Waals surface area contributed by atoms with E-state index in [4.69, 9.17) is 0 Å². The first-order chi connectivity index (χ1) is 6.76. The van der Waals surface area contributed by atoms with Crippen LogP contribution in [0.15, 0.2) is 23.0 Å². The number of rotatable bonds is 2. The van der Waals surface area contributed by atoms with Crippen LogP contribution < -0.4 is 5.69 Å². The lowest BCUT2D eigenvalue weighted by molar-refractivity contribution is 0.753. The summed E-state index contributed by atoms with van der Waals surface area (Å²) in [4.78, 5) is 14.3. The maximum atomic E-state index is 11.5. The molecule has 1 aromatic heterocycles. The standard InChI is InChI=1S/C11H14N2O/c1-3-8-5-6-10-9(7-8)12-11(14)13(10)4-2/h5-7H,3-4H2,1-2H3,(H,12,14). The van der Waals surface area contributed by atoms with Gasteiger partial charge in [-0.1, -0.05) is 13.0 Å². The summed E-state index contributed by atoms with van der Waals surface area (Å²) in [5.41, 5.74) is 3.17. The van der Waals surface area contributed by atoms with Gasteiger partial charge in [0.25, 0.3) is 0 Å². The Kier molecular flexibility index (Phi) is 2.15. The molecule has 3 nitrogen and oxygen atoms in total. The number of aromatic nitrogens is 2. The summed E-state index contributed by atoms with van der Waals surface area (Å²) in [5.74, 6) is 0. The van der Waals surface area contributed by atoms with E-state index in [-0.39, 0.29) is 5.69 Å². The Morgan fingerprint density at radius 3 is 2.79 bits per heavy atom. The Hall–Kier alpha value is -1.51. The Balaban J connectivity index is 2.74. The van der Waals surface area contributed by atoms with E-state index in [1.165, 1.54) is 5.56 Å². The summed E-state index contributed by atoms with van der Waals surface area (Å²) >= 11 is 0. The fourth-order valence-corrected chi connectivity index (χ4v) is 1.74. The predicted octanol–water partition coefficient (Wildman–Crippen LogP) is 1.91. The van der Waals surface area contributed by atoms with Gasteiger partial charge < -0.3 is 4.98 Å². The fourth-order valence-electron chi connectivity index (χ4n) is 1.74. The molecule has 0 amide bonds. The van der Waals surface area contributed by atoms with Gasteiger partial charge in [-0.25, -0.2) is 4.79 Å². The van der Waals surface area contributed by atoms with Gasteiger partial charge in [0.15, 0.2) is 0 Å². The molecule has 1 heterocycles. The molecule has 0 aliphatic rings.